The Hall–Kier alpha value is -2.76. The Bertz CT molecular complexity index is 897. The van der Waals surface area contributed by atoms with E-state index in [0.717, 1.165) is 5.69 Å². The van der Waals surface area contributed by atoms with Crippen LogP contribution in [0.5, 0.6) is 0 Å². The van der Waals surface area contributed by atoms with Crippen molar-refractivity contribution < 1.29 is 18.1 Å². The maximum Gasteiger partial charge on any atom is 0.269 e. The van der Waals surface area contributed by atoms with Crippen molar-refractivity contribution in [3.8, 4) is 0 Å². The highest BCUT2D eigenvalue weighted by molar-refractivity contribution is 7.89. The van der Waals surface area contributed by atoms with Gasteiger partial charge in [-0.25, -0.2) is 13.4 Å². The summed E-state index contributed by atoms with van der Waals surface area (Å²) in [4.78, 5) is 14.5. The quantitative estimate of drug-likeness (QED) is 0.383. The van der Waals surface area contributed by atoms with Crippen molar-refractivity contribution in [3.63, 3.8) is 0 Å². The lowest BCUT2D eigenvalue weighted by molar-refractivity contribution is -0.384. The SMILES string of the molecule is O=[N+]([O-])c1ccc(NCCNc2ccc(S(=O)(=O)N3CCOCC3)cn2)cc1. The van der Waals surface area contributed by atoms with Crippen LogP contribution in [0.4, 0.5) is 17.2 Å². The molecule has 1 fully saturated rings. The van der Waals surface area contributed by atoms with E-state index < -0.39 is 14.9 Å². The molecule has 10 nitrogen and oxygen atoms in total. The van der Waals surface area contributed by atoms with Crippen LogP contribution in [0.25, 0.3) is 0 Å². The van der Waals surface area contributed by atoms with Crippen molar-refractivity contribution in [3.05, 3.63) is 52.7 Å². The summed E-state index contributed by atoms with van der Waals surface area (Å²) in [5.74, 6) is 0.562. The lowest BCUT2D eigenvalue weighted by Gasteiger charge is -2.25. The first-order valence-electron chi connectivity index (χ1n) is 8.73. The van der Waals surface area contributed by atoms with E-state index in [1.807, 2.05) is 0 Å². The van der Waals surface area contributed by atoms with Gasteiger partial charge in [0.05, 0.1) is 18.1 Å². The maximum atomic E-state index is 12.5. The van der Waals surface area contributed by atoms with Crippen LogP contribution in [0.15, 0.2) is 47.5 Å². The average molecular weight is 407 g/mol. The lowest BCUT2D eigenvalue weighted by Crippen LogP contribution is -2.40. The van der Waals surface area contributed by atoms with Crippen molar-refractivity contribution >= 4 is 27.2 Å². The topological polar surface area (TPSA) is 127 Å². The summed E-state index contributed by atoms with van der Waals surface area (Å²) < 4.78 is 31.7. The van der Waals surface area contributed by atoms with Gasteiger partial charge in [-0.15, -0.1) is 0 Å². The number of non-ortho nitro benzene ring substituents is 1. The molecule has 0 unspecified atom stereocenters. The molecule has 3 rings (SSSR count). The largest absolute Gasteiger partial charge is 0.383 e. The van der Waals surface area contributed by atoms with Crippen molar-refractivity contribution in [1.29, 1.82) is 0 Å². The van der Waals surface area contributed by atoms with Crippen LogP contribution in [0.2, 0.25) is 0 Å². The van der Waals surface area contributed by atoms with E-state index in [1.165, 1.54) is 28.7 Å². The number of hydrogen-bond donors (Lipinski definition) is 2. The first-order valence-corrected chi connectivity index (χ1v) is 10.2. The van der Waals surface area contributed by atoms with Gasteiger partial charge in [0.1, 0.15) is 10.7 Å². The van der Waals surface area contributed by atoms with Crippen LogP contribution in [0.1, 0.15) is 0 Å². The van der Waals surface area contributed by atoms with Crippen LogP contribution in [0.3, 0.4) is 0 Å². The fraction of sp³-hybridized carbons (Fsp3) is 0.353. The first-order chi connectivity index (χ1) is 13.5. The van der Waals surface area contributed by atoms with Crippen molar-refractivity contribution in [1.82, 2.24) is 9.29 Å². The average Bonchev–Trinajstić information content (AvgIpc) is 2.72. The Morgan fingerprint density at radius 2 is 1.75 bits per heavy atom. The standard InChI is InChI=1S/C17H21N5O5S/c23-22(24)15-3-1-14(2-4-15)18-7-8-19-17-6-5-16(13-20-17)28(25,26)21-9-11-27-12-10-21/h1-6,13,18H,7-12H2,(H,19,20). The number of ether oxygens (including phenoxy) is 1. The molecule has 0 spiro atoms. The Labute approximate surface area is 162 Å². The van der Waals surface area contributed by atoms with Crippen molar-refractivity contribution in [2.45, 2.75) is 4.90 Å². The van der Waals surface area contributed by atoms with Crippen molar-refractivity contribution in [2.75, 3.05) is 50.0 Å². The molecule has 150 valence electrons. The molecule has 1 saturated heterocycles. The molecule has 0 aliphatic carbocycles. The summed E-state index contributed by atoms with van der Waals surface area (Å²) >= 11 is 0. The molecule has 11 heteroatoms. The minimum Gasteiger partial charge on any atom is -0.383 e. The number of anilines is 2. The number of nitrogens with zero attached hydrogens (tertiary/aromatic N) is 3. The Kier molecular flexibility index (Phi) is 6.39. The van der Waals surface area contributed by atoms with Gasteiger partial charge in [0.25, 0.3) is 5.69 Å². The van der Waals surface area contributed by atoms with Crippen LogP contribution < -0.4 is 10.6 Å². The number of aromatic nitrogens is 1. The number of benzene rings is 1. The fourth-order valence-electron chi connectivity index (χ4n) is 2.67. The first kappa shape index (κ1) is 20.0. The molecule has 2 heterocycles. The van der Waals surface area contributed by atoms with Crippen LogP contribution >= 0.6 is 0 Å². The molecule has 0 atom stereocenters. The molecule has 0 radical (unpaired) electrons. The molecule has 1 aliphatic heterocycles. The van der Waals surface area contributed by atoms with E-state index in [1.54, 1.807) is 18.2 Å². The van der Waals surface area contributed by atoms with Crippen LogP contribution in [-0.4, -0.2) is 62.0 Å². The summed E-state index contributed by atoms with van der Waals surface area (Å²) in [6.45, 7) is 2.59. The molecule has 1 aromatic carbocycles. The van der Waals surface area contributed by atoms with E-state index in [4.69, 9.17) is 4.74 Å². The molecule has 0 saturated carbocycles. The monoisotopic (exact) mass is 407 g/mol. The molecule has 0 bridgehead atoms. The molecule has 0 amide bonds. The second-order valence-electron chi connectivity index (χ2n) is 6.05. The number of pyridine rings is 1. The summed E-state index contributed by atoms with van der Waals surface area (Å²) in [5, 5.41) is 16.9. The Balaban J connectivity index is 1.48. The molecule has 2 N–H and O–H groups in total. The lowest BCUT2D eigenvalue weighted by atomic mass is 10.3. The van der Waals surface area contributed by atoms with E-state index in [-0.39, 0.29) is 10.6 Å². The molecule has 1 aliphatic rings. The summed E-state index contributed by atoms with van der Waals surface area (Å²) in [6, 6.07) is 9.31. The minimum atomic E-state index is -3.55. The number of rotatable bonds is 8. The zero-order valence-corrected chi connectivity index (χ0v) is 15.9. The zero-order chi connectivity index (χ0) is 20.0. The van der Waals surface area contributed by atoms with Crippen LogP contribution in [-0.2, 0) is 14.8 Å². The van der Waals surface area contributed by atoms with Crippen molar-refractivity contribution in [2.24, 2.45) is 0 Å². The zero-order valence-electron chi connectivity index (χ0n) is 15.1. The van der Waals surface area contributed by atoms with E-state index in [0.29, 0.717) is 45.2 Å². The smallest absolute Gasteiger partial charge is 0.269 e. The van der Waals surface area contributed by atoms with Gasteiger partial charge in [-0.1, -0.05) is 0 Å². The van der Waals surface area contributed by atoms with Gasteiger partial charge < -0.3 is 15.4 Å². The minimum absolute atomic E-state index is 0.0417. The van der Waals surface area contributed by atoms with Gasteiger partial charge in [0.15, 0.2) is 0 Å². The molecular weight excluding hydrogens is 386 g/mol. The Morgan fingerprint density at radius 1 is 1.07 bits per heavy atom. The van der Waals surface area contributed by atoms with Gasteiger partial charge in [-0.05, 0) is 24.3 Å². The number of hydrogen-bond acceptors (Lipinski definition) is 8. The van der Waals surface area contributed by atoms with E-state index in [9.17, 15) is 18.5 Å². The second-order valence-corrected chi connectivity index (χ2v) is 7.99. The second kappa shape index (κ2) is 8.95. The van der Waals surface area contributed by atoms with Crippen LogP contribution in [0, 0.1) is 10.1 Å². The number of nitrogens with one attached hydrogen (secondary N) is 2. The van der Waals surface area contributed by atoms with Gasteiger partial charge in [0, 0.05) is 50.2 Å². The highest BCUT2D eigenvalue weighted by atomic mass is 32.2. The summed E-state index contributed by atoms with van der Waals surface area (Å²) in [6.07, 6.45) is 1.34. The maximum absolute atomic E-state index is 12.5. The predicted molar refractivity (Wildman–Crippen MR) is 104 cm³/mol. The van der Waals surface area contributed by atoms with Gasteiger partial charge in [-0.3, -0.25) is 10.1 Å². The van der Waals surface area contributed by atoms with E-state index in [2.05, 4.69) is 15.6 Å². The van der Waals surface area contributed by atoms with Gasteiger partial charge >= 0.3 is 0 Å². The predicted octanol–water partition coefficient (Wildman–Crippen LogP) is 1.53. The van der Waals surface area contributed by atoms with E-state index >= 15 is 0 Å². The number of nitro groups is 1. The summed E-state index contributed by atoms with van der Waals surface area (Å²) in [7, 11) is -3.55. The third-order valence-corrected chi connectivity index (χ3v) is 6.06. The molecular formula is C17H21N5O5S. The highest BCUT2D eigenvalue weighted by Crippen LogP contribution is 2.18. The molecule has 28 heavy (non-hydrogen) atoms. The molecule has 1 aromatic heterocycles. The number of sulfonamides is 1. The third-order valence-electron chi connectivity index (χ3n) is 4.18. The fourth-order valence-corrected chi connectivity index (χ4v) is 4.03. The molecule has 2 aromatic rings. The third kappa shape index (κ3) is 4.94. The highest BCUT2D eigenvalue weighted by Gasteiger charge is 2.26. The summed E-state index contributed by atoms with van der Waals surface area (Å²) in [5.41, 5.74) is 0.812. The number of nitro benzene ring substituents is 1. The number of morpholine rings is 1. The Morgan fingerprint density at radius 3 is 2.36 bits per heavy atom. The van der Waals surface area contributed by atoms with Gasteiger partial charge in [-0.2, -0.15) is 4.31 Å². The normalized spacial score (nSPS) is 15.1. The van der Waals surface area contributed by atoms with Gasteiger partial charge in [0.2, 0.25) is 10.0 Å².